The lowest BCUT2D eigenvalue weighted by molar-refractivity contribution is 1.92. The van der Waals surface area contributed by atoms with Gasteiger partial charge in [0.2, 0.25) is 0 Å². The first kappa shape index (κ1) is 11.4. The average Bonchev–Trinajstić information content (AvgIpc) is 2.14. The molecular formula is C11H10B2. The smallest absolute Gasteiger partial charge is 0.147 e. The van der Waals surface area contributed by atoms with E-state index < -0.39 is 0 Å². The molecule has 0 aliphatic rings. The quantitative estimate of drug-likeness (QED) is 0.399. The van der Waals surface area contributed by atoms with E-state index >= 15 is 0 Å². The molecule has 0 aromatic rings. The molecule has 0 spiro atoms. The summed E-state index contributed by atoms with van der Waals surface area (Å²) in [6.45, 7) is 5.02. The molecule has 0 aromatic carbocycles. The Kier molecular flexibility index (Phi) is 6.16. The number of terminal acetylenes is 1. The Morgan fingerprint density at radius 2 is 1.15 bits per heavy atom. The van der Waals surface area contributed by atoms with Crippen molar-refractivity contribution in [1.29, 1.82) is 0 Å². The standard InChI is InChI=1S/C11H10B2/c1-5-9-12(8-4)13(10-6-2)11-7-3/h4H,1-3H3. The fraction of sp³-hybridized carbons (Fsp3) is 0.273. The monoisotopic (exact) mass is 164 g/mol. The maximum Gasteiger partial charge on any atom is 0.314 e. The molecule has 0 rings (SSSR count). The Morgan fingerprint density at radius 1 is 0.769 bits per heavy atom. The molecule has 0 bridgehead atoms. The fourth-order valence-corrected chi connectivity index (χ4v) is 0.890. The Labute approximate surface area is 82.0 Å². The second-order valence-corrected chi connectivity index (χ2v) is 2.31. The van der Waals surface area contributed by atoms with Crippen LogP contribution in [0.15, 0.2) is 0 Å². The topological polar surface area (TPSA) is 0 Å². The molecule has 13 heavy (non-hydrogen) atoms. The molecule has 0 N–H and O–H groups in total. The molecule has 0 aliphatic heterocycles. The van der Waals surface area contributed by atoms with Gasteiger partial charge in [-0.05, 0) is 20.8 Å². The summed E-state index contributed by atoms with van der Waals surface area (Å²) >= 11 is 0. The first-order valence-electron chi connectivity index (χ1n) is 4.03. The lowest BCUT2D eigenvalue weighted by Crippen LogP contribution is -2.31. The maximum atomic E-state index is 5.33. The van der Waals surface area contributed by atoms with Crippen LogP contribution in [0, 0.1) is 47.5 Å². The first-order chi connectivity index (χ1) is 6.29. The van der Waals surface area contributed by atoms with Crippen molar-refractivity contribution in [3.05, 3.63) is 0 Å². The Morgan fingerprint density at radius 3 is 1.46 bits per heavy atom. The van der Waals surface area contributed by atoms with Crippen LogP contribution in [-0.4, -0.2) is 13.2 Å². The van der Waals surface area contributed by atoms with Gasteiger partial charge in [-0.2, -0.15) is 0 Å². The van der Waals surface area contributed by atoms with E-state index in [1.165, 1.54) is 0 Å². The third kappa shape index (κ3) is 4.06. The van der Waals surface area contributed by atoms with E-state index in [0.717, 1.165) is 0 Å². The van der Waals surface area contributed by atoms with Gasteiger partial charge in [-0.25, -0.2) is 0 Å². The molecule has 0 aromatic heterocycles. The predicted octanol–water partition coefficient (Wildman–Crippen LogP) is 0.914. The summed E-state index contributed by atoms with van der Waals surface area (Å²) in [7, 11) is 0. The highest BCUT2D eigenvalue weighted by Crippen LogP contribution is 1.86. The third-order valence-electron chi connectivity index (χ3n) is 1.41. The summed E-state index contributed by atoms with van der Waals surface area (Å²) < 4.78 is 0. The van der Waals surface area contributed by atoms with Crippen LogP contribution in [0.1, 0.15) is 20.8 Å². The minimum Gasteiger partial charge on any atom is -0.147 e. The Bertz CT molecular complexity index is 348. The number of rotatable bonds is 1. The minimum absolute atomic E-state index is 0.118. The predicted molar refractivity (Wildman–Crippen MR) is 60.7 cm³/mol. The highest BCUT2D eigenvalue weighted by Gasteiger charge is 2.23. The van der Waals surface area contributed by atoms with Gasteiger partial charge in [0.1, 0.15) is 0 Å². The third-order valence-corrected chi connectivity index (χ3v) is 1.41. The van der Waals surface area contributed by atoms with Gasteiger partial charge in [0.15, 0.2) is 0 Å². The normalized spacial score (nSPS) is 5.69. The van der Waals surface area contributed by atoms with Crippen LogP contribution < -0.4 is 0 Å². The lowest BCUT2D eigenvalue weighted by atomic mass is 9.10. The van der Waals surface area contributed by atoms with Crippen molar-refractivity contribution in [2.24, 2.45) is 0 Å². The first-order valence-corrected chi connectivity index (χ1v) is 4.03. The lowest BCUT2D eigenvalue weighted by Gasteiger charge is -1.95. The zero-order chi connectivity index (χ0) is 10.1. The zero-order valence-corrected chi connectivity index (χ0v) is 8.23. The Hall–Kier alpha value is -1.63. The second kappa shape index (κ2) is 7.04. The van der Waals surface area contributed by atoms with Gasteiger partial charge < -0.3 is 0 Å². The van der Waals surface area contributed by atoms with Crippen LogP contribution >= 0.6 is 0 Å². The molecule has 0 aliphatic carbocycles. The van der Waals surface area contributed by atoms with Crippen LogP contribution in [0.2, 0.25) is 0 Å². The summed E-state index contributed by atoms with van der Waals surface area (Å²) in [4.78, 5) is 0. The van der Waals surface area contributed by atoms with Gasteiger partial charge in [0, 0.05) is 0 Å². The molecule has 60 valence electrons. The van der Waals surface area contributed by atoms with Gasteiger partial charge in [0.05, 0.1) is 0 Å². The van der Waals surface area contributed by atoms with Gasteiger partial charge in [-0.3, -0.25) is 0 Å². The van der Waals surface area contributed by atoms with Gasteiger partial charge in [-0.1, -0.05) is 0 Å². The van der Waals surface area contributed by atoms with Gasteiger partial charge >= 0.3 is 13.2 Å². The van der Waals surface area contributed by atoms with E-state index in [4.69, 9.17) is 6.42 Å². The molecule has 0 atom stereocenters. The van der Waals surface area contributed by atoms with Crippen LogP contribution in [-0.2, 0) is 0 Å². The molecule has 0 saturated carbocycles. The number of hydrogen-bond donors (Lipinski definition) is 0. The van der Waals surface area contributed by atoms with E-state index in [1.54, 1.807) is 20.8 Å². The molecule has 0 radical (unpaired) electrons. The van der Waals surface area contributed by atoms with Crippen molar-refractivity contribution in [2.45, 2.75) is 20.8 Å². The molecule has 0 fully saturated rings. The summed E-state index contributed by atoms with van der Waals surface area (Å²) in [6.07, 6.45) is 5.33. The second-order valence-electron chi connectivity index (χ2n) is 2.31. The van der Waals surface area contributed by atoms with Crippen molar-refractivity contribution in [3.8, 4) is 47.5 Å². The molecule has 0 nitrogen and oxygen atoms in total. The van der Waals surface area contributed by atoms with Crippen LogP contribution in [0.4, 0.5) is 0 Å². The van der Waals surface area contributed by atoms with E-state index in [-0.39, 0.29) is 13.2 Å². The SMILES string of the molecule is C#CB(C#CC)B(C#CC)C#CC. The van der Waals surface area contributed by atoms with E-state index in [1.807, 2.05) is 0 Å². The number of hydrogen-bond acceptors (Lipinski definition) is 0. The molecule has 0 amide bonds. The van der Waals surface area contributed by atoms with Gasteiger partial charge in [-0.15, -0.1) is 47.5 Å². The summed E-state index contributed by atoms with van der Waals surface area (Å²) in [6, 6.07) is 0. The average molecular weight is 164 g/mol. The van der Waals surface area contributed by atoms with Gasteiger partial charge in [0.25, 0.3) is 0 Å². The Balaban J connectivity index is 4.81. The summed E-state index contributed by atoms with van der Waals surface area (Å²) in [5, 5.41) is 0. The van der Waals surface area contributed by atoms with Crippen molar-refractivity contribution in [2.75, 3.05) is 0 Å². The van der Waals surface area contributed by atoms with Crippen molar-refractivity contribution < 1.29 is 0 Å². The minimum atomic E-state index is -0.176. The van der Waals surface area contributed by atoms with Crippen molar-refractivity contribution in [1.82, 2.24) is 0 Å². The maximum absolute atomic E-state index is 5.33. The zero-order valence-electron chi connectivity index (χ0n) is 8.23. The molecule has 0 heterocycles. The molecule has 0 saturated heterocycles. The summed E-state index contributed by atoms with van der Waals surface area (Å²) in [5.74, 6) is 19.8. The van der Waals surface area contributed by atoms with Crippen molar-refractivity contribution >= 4 is 13.2 Å². The van der Waals surface area contributed by atoms with E-state index in [0.29, 0.717) is 0 Å². The fourth-order valence-electron chi connectivity index (χ4n) is 0.890. The van der Waals surface area contributed by atoms with Crippen molar-refractivity contribution in [3.63, 3.8) is 0 Å². The highest BCUT2D eigenvalue weighted by atomic mass is 13.5. The van der Waals surface area contributed by atoms with E-state index in [2.05, 4.69) is 41.0 Å². The summed E-state index contributed by atoms with van der Waals surface area (Å²) in [5.41, 5.74) is 0. The molecular weight excluding hydrogens is 154 g/mol. The van der Waals surface area contributed by atoms with E-state index in [9.17, 15) is 0 Å². The molecule has 2 heteroatoms. The largest absolute Gasteiger partial charge is 0.314 e. The highest BCUT2D eigenvalue weighted by molar-refractivity contribution is 7.35. The van der Waals surface area contributed by atoms with Crippen LogP contribution in [0.3, 0.4) is 0 Å². The van der Waals surface area contributed by atoms with Crippen LogP contribution in [0.25, 0.3) is 0 Å². The molecule has 0 unspecified atom stereocenters. The van der Waals surface area contributed by atoms with Crippen LogP contribution in [0.5, 0.6) is 0 Å².